The van der Waals surface area contributed by atoms with Crippen LogP contribution in [0.15, 0.2) is 77.0 Å². The zero-order chi connectivity index (χ0) is 25.7. The highest BCUT2D eigenvalue weighted by molar-refractivity contribution is 8.00. The molecule has 1 unspecified atom stereocenters. The van der Waals surface area contributed by atoms with Crippen molar-refractivity contribution in [3.8, 4) is 17.0 Å². The second-order valence-electron chi connectivity index (χ2n) is 7.63. The van der Waals surface area contributed by atoms with Crippen LogP contribution in [0.25, 0.3) is 11.3 Å². The highest BCUT2D eigenvalue weighted by atomic mass is 35.5. The van der Waals surface area contributed by atoms with Crippen molar-refractivity contribution >= 4 is 68.9 Å². The second-order valence-corrected chi connectivity index (χ2v) is 10.7. The summed E-state index contributed by atoms with van der Waals surface area (Å²) in [7, 11) is 1.61. The summed E-state index contributed by atoms with van der Waals surface area (Å²) in [4.78, 5) is 30.8. The molecule has 0 spiro atoms. The molecule has 1 aromatic heterocycles. The number of halogens is 2. The van der Waals surface area contributed by atoms with E-state index in [4.69, 9.17) is 27.9 Å². The number of carbonyl (C=O) groups excluding carboxylic acids is 2. The van der Waals surface area contributed by atoms with Gasteiger partial charge in [0.15, 0.2) is 5.13 Å². The summed E-state index contributed by atoms with van der Waals surface area (Å²) in [5, 5.41) is 8.45. The van der Waals surface area contributed by atoms with Gasteiger partial charge in [-0.1, -0.05) is 41.4 Å². The van der Waals surface area contributed by atoms with E-state index >= 15 is 0 Å². The number of hydrogen-bond donors (Lipinski definition) is 2. The standard InChI is InChI=1S/C26H21Cl2N3O3S2/c1-15(24(32)31-26-30-23(14-35-26)16-5-3-7-19(11-16)34-2)36-20-8-4-6-18(13-20)29-25(33)21-10-9-17(27)12-22(21)28/h3-15H,1-2H3,(H,29,33)(H,30,31,32). The minimum Gasteiger partial charge on any atom is -0.497 e. The lowest BCUT2D eigenvalue weighted by Crippen LogP contribution is -2.22. The number of thioether (sulfide) groups is 1. The fourth-order valence-corrected chi connectivity index (χ4v) is 5.37. The van der Waals surface area contributed by atoms with Gasteiger partial charge < -0.3 is 15.4 Å². The molecule has 10 heteroatoms. The summed E-state index contributed by atoms with van der Waals surface area (Å²) in [5.41, 5.74) is 2.58. The summed E-state index contributed by atoms with van der Waals surface area (Å²) in [6, 6.07) is 19.6. The first-order chi connectivity index (χ1) is 17.3. The second kappa shape index (κ2) is 11.8. The molecule has 0 fully saturated rings. The van der Waals surface area contributed by atoms with Crippen LogP contribution in [0.4, 0.5) is 10.8 Å². The van der Waals surface area contributed by atoms with E-state index in [0.29, 0.717) is 21.4 Å². The van der Waals surface area contributed by atoms with Crippen LogP contribution in [-0.4, -0.2) is 29.2 Å². The van der Waals surface area contributed by atoms with Crippen LogP contribution in [0.3, 0.4) is 0 Å². The lowest BCUT2D eigenvalue weighted by atomic mass is 10.2. The molecule has 1 heterocycles. The van der Waals surface area contributed by atoms with Crippen molar-refractivity contribution in [3.63, 3.8) is 0 Å². The van der Waals surface area contributed by atoms with Crippen molar-refractivity contribution in [2.75, 3.05) is 17.7 Å². The van der Waals surface area contributed by atoms with Crippen LogP contribution < -0.4 is 15.4 Å². The molecule has 0 radical (unpaired) electrons. The molecule has 1 atom stereocenters. The molecule has 36 heavy (non-hydrogen) atoms. The number of anilines is 2. The lowest BCUT2D eigenvalue weighted by molar-refractivity contribution is -0.115. The Balaban J connectivity index is 1.37. The third kappa shape index (κ3) is 6.59. The molecule has 0 bridgehead atoms. The number of hydrogen-bond acceptors (Lipinski definition) is 6. The Morgan fingerprint density at radius 1 is 1.03 bits per heavy atom. The number of carbonyl (C=O) groups is 2. The summed E-state index contributed by atoms with van der Waals surface area (Å²) in [6.45, 7) is 1.81. The fourth-order valence-electron chi connectivity index (χ4n) is 3.23. The van der Waals surface area contributed by atoms with Crippen LogP contribution in [0.1, 0.15) is 17.3 Å². The summed E-state index contributed by atoms with van der Waals surface area (Å²) < 4.78 is 5.27. The molecule has 2 N–H and O–H groups in total. The smallest absolute Gasteiger partial charge is 0.257 e. The van der Waals surface area contributed by atoms with Crippen molar-refractivity contribution in [1.82, 2.24) is 4.98 Å². The number of nitrogens with zero attached hydrogens (tertiary/aromatic N) is 1. The maximum absolute atomic E-state index is 12.8. The SMILES string of the molecule is COc1cccc(-c2csc(NC(=O)C(C)Sc3cccc(NC(=O)c4ccc(Cl)cc4Cl)c3)n2)c1. The average molecular weight is 559 g/mol. The van der Waals surface area contributed by atoms with Gasteiger partial charge in [-0.3, -0.25) is 9.59 Å². The van der Waals surface area contributed by atoms with E-state index in [1.807, 2.05) is 48.7 Å². The minimum atomic E-state index is -0.397. The third-order valence-electron chi connectivity index (χ3n) is 5.05. The van der Waals surface area contributed by atoms with Crippen LogP contribution in [0.5, 0.6) is 5.75 Å². The van der Waals surface area contributed by atoms with Gasteiger partial charge in [-0.05, 0) is 55.5 Å². The van der Waals surface area contributed by atoms with Crippen molar-refractivity contribution in [2.45, 2.75) is 17.1 Å². The number of amides is 2. The van der Waals surface area contributed by atoms with Gasteiger partial charge in [0.25, 0.3) is 5.91 Å². The average Bonchev–Trinajstić information content (AvgIpc) is 3.32. The van der Waals surface area contributed by atoms with Crippen LogP contribution in [-0.2, 0) is 4.79 Å². The topological polar surface area (TPSA) is 80.3 Å². The third-order valence-corrected chi connectivity index (χ3v) is 7.45. The van der Waals surface area contributed by atoms with E-state index in [1.54, 1.807) is 31.4 Å². The van der Waals surface area contributed by atoms with Crippen molar-refractivity contribution in [3.05, 3.63) is 87.7 Å². The first kappa shape index (κ1) is 26.0. The summed E-state index contributed by atoms with van der Waals surface area (Å²) in [5.74, 6) is 0.222. The molecular weight excluding hydrogens is 537 g/mol. The van der Waals surface area contributed by atoms with E-state index in [9.17, 15) is 9.59 Å². The molecule has 2 amide bonds. The van der Waals surface area contributed by atoms with Gasteiger partial charge in [-0.15, -0.1) is 23.1 Å². The van der Waals surface area contributed by atoms with Crippen molar-refractivity contribution < 1.29 is 14.3 Å². The Morgan fingerprint density at radius 2 is 1.83 bits per heavy atom. The van der Waals surface area contributed by atoms with Gasteiger partial charge in [0.2, 0.25) is 5.91 Å². The number of benzene rings is 3. The monoisotopic (exact) mass is 557 g/mol. The first-order valence-electron chi connectivity index (χ1n) is 10.8. The predicted molar refractivity (Wildman–Crippen MR) is 149 cm³/mol. The zero-order valence-corrected chi connectivity index (χ0v) is 22.4. The Kier molecular flexibility index (Phi) is 8.53. The van der Waals surface area contributed by atoms with Crippen molar-refractivity contribution in [1.29, 1.82) is 0 Å². The Bertz CT molecular complexity index is 1410. The molecule has 3 aromatic carbocycles. The van der Waals surface area contributed by atoms with E-state index in [-0.39, 0.29) is 16.8 Å². The van der Waals surface area contributed by atoms with E-state index in [2.05, 4.69) is 15.6 Å². The Morgan fingerprint density at radius 3 is 2.61 bits per heavy atom. The van der Waals surface area contributed by atoms with Gasteiger partial charge in [-0.2, -0.15) is 0 Å². The van der Waals surface area contributed by atoms with Crippen LogP contribution in [0, 0.1) is 0 Å². The first-order valence-corrected chi connectivity index (χ1v) is 13.3. The van der Waals surface area contributed by atoms with Gasteiger partial charge in [0.1, 0.15) is 5.75 Å². The maximum Gasteiger partial charge on any atom is 0.257 e. The largest absolute Gasteiger partial charge is 0.497 e. The highest BCUT2D eigenvalue weighted by Crippen LogP contribution is 2.30. The van der Waals surface area contributed by atoms with Gasteiger partial charge in [0, 0.05) is 26.5 Å². The van der Waals surface area contributed by atoms with Crippen LogP contribution >= 0.6 is 46.3 Å². The molecule has 0 aliphatic heterocycles. The molecule has 0 saturated carbocycles. The minimum absolute atomic E-state index is 0.172. The lowest BCUT2D eigenvalue weighted by Gasteiger charge is -2.12. The molecule has 6 nitrogen and oxygen atoms in total. The zero-order valence-electron chi connectivity index (χ0n) is 19.2. The molecule has 4 aromatic rings. The molecule has 184 valence electrons. The number of nitrogens with one attached hydrogen (secondary N) is 2. The Hall–Kier alpha value is -3.04. The van der Waals surface area contributed by atoms with E-state index in [1.165, 1.54) is 29.2 Å². The maximum atomic E-state index is 12.8. The van der Waals surface area contributed by atoms with Crippen molar-refractivity contribution in [2.24, 2.45) is 0 Å². The fraction of sp³-hybridized carbons (Fsp3) is 0.115. The van der Waals surface area contributed by atoms with E-state index in [0.717, 1.165) is 21.9 Å². The molecule has 4 rings (SSSR count). The number of aromatic nitrogens is 1. The normalized spacial score (nSPS) is 11.6. The number of ether oxygens (including phenoxy) is 1. The van der Waals surface area contributed by atoms with Gasteiger partial charge >= 0.3 is 0 Å². The molecule has 0 aliphatic carbocycles. The summed E-state index contributed by atoms with van der Waals surface area (Å²) >= 11 is 14.8. The molecular formula is C26H21Cl2N3O3S2. The summed E-state index contributed by atoms with van der Waals surface area (Å²) in [6.07, 6.45) is 0. The quantitative estimate of drug-likeness (QED) is 0.219. The number of rotatable bonds is 8. The van der Waals surface area contributed by atoms with Gasteiger partial charge in [0.05, 0.1) is 28.6 Å². The number of methoxy groups -OCH3 is 1. The number of thiazole rings is 1. The van der Waals surface area contributed by atoms with Gasteiger partial charge in [-0.25, -0.2) is 4.98 Å². The molecule has 0 aliphatic rings. The van der Waals surface area contributed by atoms with Crippen LogP contribution in [0.2, 0.25) is 10.0 Å². The Labute approximate surface area is 227 Å². The van der Waals surface area contributed by atoms with E-state index < -0.39 is 5.25 Å². The predicted octanol–water partition coefficient (Wildman–Crippen LogP) is 7.50. The highest BCUT2D eigenvalue weighted by Gasteiger charge is 2.17. The molecule has 0 saturated heterocycles.